The van der Waals surface area contributed by atoms with Crippen LogP contribution in [0.1, 0.15) is 44.6 Å². The molecule has 10 heteroatoms. The largest absolute Gasteiger partial charge is 0.497 e. The molecule has 3 aliphatic rings. The number of fused-ring (bicyclic) bond motifs is 1. The van der Waals surface area contributed by atoms with Crippen molar-refractivity contribution in [1.82, 2.24) is 14.5 Å². The first kappa shape index (κ1) is 25.5. The summed E-state index contributed by atoms with van der Waals surface area (Å²) >= 11 is 0. The minimum Gasteiger partial charge on any atom is -0.497 e. The van der Waals surface area contributed by atoms with Crippen LogP contribution in [0.25, 0.3) is 10.9 Å². The number of carbonyl (C=O) groups is 1. The van der Waals surface area contributed by atoms with Crippen molar-refractivity contribution in [3.05, 3.63) is 52.4 Å². The molecule has 1 aromatic carbocycles. The topological polar surface area (TPSA) is 98.6 Å². The highest BCUT2D eigenvalue weighted by atomic mass is 31.0. The molecule has 3 saturated carbocycles. The molecule has 1 unspecified atom stereocenters. The van der Waals surface area contributed by atoms with Crippen molar-refractivity contribution < 1.29 is 14.3 Å². The van der Waals surface area contributed by atoms with E-state index in [0.29, 0.717) is 35.8 Å². The van der Waals surface area contributed by atoms with E-state index >= 15 is 0 Å². The number of aromatic nitrogens is 3. The summed E-state index contributed by atoms with van der Waals surface area (Å²) in [6.45, 7) is 4.01. The molecule has 1 atom stereocenters. The molecular weight excluding hydrogens is 489 g/mol. The summed E-state index contributed by atoms with van der Waals surface area (Å²) in [7, 11) is 5.77. The Morgan fingerprint density at radius 2 is 1.89 bits per heavy atom. The van der Waals surface area contributed by atoms with E-state index in [1.165, 1.54) is 7.11 Å². The van der Waals surface area contributed by atoms with Gasteiger partial charge < -0.3 is 24.0 Å². The maximum absolute atomic E-state index is 13.6. The van der Waals surface area contributed by atoms with E-state index in [4.69, 9.17) is 19.4 Å². The van der Waals surface area contributed by atoms with Crippen molar-refractivity contribution in [2.24, 2.45) is 10.8 Å². The van der Waals surface area contributed by atoms with Gasteiger partial charge in [-0.2, -0.15) is 4.98 Å². The van der Waals surface area contributed by atoms with Crippen molar-refractivity contribution in [2.45, 2.75) is 52.1 Å². The minimum atomic E-state index is -0.327. The SMILES string of the molecule is CCCCNc1nc(N(P)Cc2ccc(OC)cc2)nc2ccn(CC34CC(C(=O)OC)(C3)C4)c(=O)c12. The number of carbonyl (C=O) groups excluding carboxylic acids is 1. The summed E-state index contributed by atoms with van der Waals surface area (Å²) in [5.41, 5.74) is 1.25. The van der Waals surface area contributed by atoms with Gasteiger partial charge in [0.1, 0.15) is 17.0 Å². The Morgan fingerprint density at radius 1 is 1.16 bits per heavy atom. The third-order valence-electron chi connectivity index (χ3n) is 7.67. The predicted molar refractivity (Wildman–Crippen MR) is 147 cm³/mol. The van der Waals surface area contributed by atoms with Gasteiger partial charge in [-0.1, -0.05) is 25.5 Å². The standard InChI is InChI=1S/C27H34N5O4P/c1-4-5-11-28-22-21-20(29-25(30-22)32(37)13-18-6-8-19(35-2)9-7-18)10-12-31(23(21)33)17-26-14-27(15-26,16-26)24(34)36-3/h6-10,12H,4-5,11,13-17,37H2,1-3H3,(H,28,29,30). The number of nitrogens with zero attached hydrogens (tertiary/aromatic N) is 4. The zero-order valence-electron chi connectivity index (χ0n) is 21.6. The van der Waals surface area contributed by atoms with Crippen LogP contribution in [-0.4, -0.2) is 41.3 Å². The van der Waals surface area contributed by atoms with Gasteiger partial charge in [-0.15, -0.1) is 0 Å². The van der Waals surface area contributed by atoms with Gasteiger partial charge in [-0.25, -0.2) is 4.98 Å². The minimum absolute atomic E-state index is 0.00246. The van der Waals surface area contributed by atoms with Crippen LogP contribution < -0.4 is 20.3 Å². The predicted octanol–water partition coefficient (Wildman–Crippen LogP) is 4.15. The lowest BCUT2D eigenvalue weighted by Gasteiger charge is -2.68. The molecule has 3 fully saturated rings. The van der Waals surface area contributed by atoms with Gasteiger partial charge in [-0.3, -0.25) is 9.59 Å². The van der Waals surface area contributed by atoms with Gasteiger partial charge >= 0.3 is 5.97 Å². The average Bonchev–Trinajstić information content (AvgIpc) is 2.86. The van der Waals surface area contributed by atoms with Crippen molar-refractivity contribution in [3.8, 4) is 5.75 Å². The average molecular weight is 524 g/mol. The van der Waals surface area contributed by atoms with Crippen LogP contribution in [0.2, 0.25) is 0 Å². The summed E-state index contributed by atoms with van der Waals surface area (Å²) < 4.78 is 13.9. The fourth-order valence-corrected chi connectivity index (χ4v) is 6.22. The van der Waals surface area contributed by atoms with Gasteiger partial charge in [0.2, 0.25) is 5.95 Å². The van der Waals surface area contributed by atoms with Crippen LogP contribution in [0.4, 0.5) is 11.8 Å². The van der Waals surface area contributed by atoms with Crippen molar-refractivity contribution in [2.75, 3.05) is 30.8 Å². The first-order chi connectivity index (χ1) is 17.8. The fourth-order valence-electron chi connectivity index (χ4n) is 5.89. The second-order valence-electron chi connectivity index (χ2n) is 10.4. The molecule has 0 spiro atoms. The maximum atomic E-state index is 13.6. The molecule has 2 bridgehead atoms. The van der Waals surface area contributed by atoms with Gasteiger partial charge in [0, 0.05) is 25.8 Å². The molecule has 0 saturated heterocycles. The molecule has 0 amide bonds. The number of hydrogen-bond acceptors (Lipinski definition) is 8. The van der Waals surface area contributed by atoms with Gasteiger partial charge in [0.15, 0.2) is 0 Å². The van der Waals surface area contributed by atoms with Crippen molar-refractivity contribution in [3.63, 3.8) is 0 Å². The highest BCUT2D eigenvalue weighted by molar-refractivity contribution is 7.18. The van der Waals surface area contributed by atoms with Gasteiger partial charge in [-0.05, 0) is 64.3 Å². The Morgan fingerprint density at radius 3 is 2.54 bits per heavy atom. The van der Waals surface area contributed by atoms with Crippen LogP contribution in [0.15, 0.2) is 41.3 Å². The quantitative estimate of drug-likeness (QED) is 0.227. The second-order valence-corrected chi connectivity index (χ2v) is 11.1. The molecular formula is C27H34N5O4P. The molecule has 2 aromatic heterocycles. The number of unbranched alkanes of at least 4 members (excludes halogenated alkanes) is 1. The number of methoxy groups -OCH3 is 2. The molecule has 1 N–H and O–H groups in total. The molecule has 6 rings (SSSR count). The summed E-state index contributed by atoms with van der Waals surface area (Å²) in [6.07, 6.45) is 6.16. The van der Waals surface area contributed by atoms with Gasteiger partial charge in [0.05, 0.1) is 25.2 Å². The number of rotatable bonds is 11. The second kappa shape index (κ2) is 9.93. The molecule has 0 radical (unpaired) electrons. The lowest BCUT2D eigenvalue weighted by Crippen LogP contribution is -2.67. The number of benzene rings is 1. The molecule has 196 valence electrons. The van der Waals surface area contributed by atoms with Crippen LogP contribution in [-0.2, 0) is 22.6 Å². The Balaban J connectivity index is 1.42. The zero-order valence-corrected chi connectivity index (χ0v) is 22.8. The summed E-state index contributed by atoms with van der Waals surface area (Å²) in [4.78, 5) is 35.2. The Kier molecular flexibility index (Phi) is 6.84. The van der Waals surface area contributed by atoms with E-state index in [0.717, 1.165) is 50.0 Å². The van der Waals surface area contributed by atoms with Gasteiger partial charge in [0.25, 0.3) is 5.56 Å². The first-order valence-electron chi connectivity index (χ1n) is 12.7. The number of pyridine rings is 1. The smallest absolute Gasteiger partial charge is 0.311 e. The van der Waals surface area contributed by atoms with Crippen LogP contribution >= 0.6 is 9.39 Å². The molecule has 0 aliphatic heterocycles. The number of anilines is 2. The Labute approximate surface area is 218 Å². The highest BCUT2D eigenvalue weighted by Crippen LogP contribution is 2.74. The summed E-state index contributed by atoms with van der Waals surface area (Å²) in [5.74, 6) is 1.75. The summed E-state index contributed by atoms with van der Waals surface area (Å²) in [5, 5.41) is 3.88. The van der Waals surface area contributed by atoms with Crippen molar-refractivity contribution in [1.29, 1.82) is 0 Å². The van der Waals surface area contributed by atoms with E-state index in [1.807, 2.05) is 41.2 Å². The van der Waals surface area contributed by atoms with Crippen LogP contribution in [0.5, 0.6) is 5.75 Å². The monoisotopic (exact) mass is 523 g/mol. The van der Waals surface area contributed by atoms with E-state index in [2.05, 4.69) is 21.6 Å². The summed E-state index contributed by atoms with van der Waals surface area (Å²) in [6, 6.07) is 9.75. The van der Waals surface area contributed by atoms with E-state index in [-0.39, 0.29) is 22.4 Å². The van der Waals surface area contributed by atoms with E-state index in [1.54, 1.807) is 11.7 Å². The first-order valence-corrected chi connectivity index (χ1v) is 13.2. The zero-order chi connectivity index (χ0) is 26.2. The van der Waals surface area contributed by atoms with Crippen LogP contribution in [0.3, 0.4) is 0 Å². The maximum Gasteiger partial charge on any atom is 0.311 e. The third-order valence-corrected chi connectivity index (χ3v) is 8.08. The molecule has 37 heavy (non-hydrogen) atoms. The highest BCUT2D eigenvalue weighted by Gasteiger charge is 2.72. The number of nitrogens with one attached hydrogen (secondary N) is 1. The number of esters is 1. The number of ether oxygens (including phenoxy) is 2. The molecule has 3 aromatic rings. The Bertz CT molecular complexity index is 1350. The lowest BCUT2D eigenvalue weighted by molar-refractivity contribution is -0.230. The lowest BCUT2D eigenvalue weighted by atomic mass is 9.35. The van der Waals surface area contributed by atoms with E-state index in [9.17, 15) is 9.59 Å². The molecule has 2 heterocycles. The normalized spacial score (nSPS) is 21.6. The van der Waals surface area contributed by atoms with Crippen LogP contribution in [0, 0.1) is 10.8 Å². The van der Waals surface area contributed by atoms with E-state index < -0.39 is 0 Å². The van der Waals surface area contributed by atoms with Crippen molar-refractivity contribution >= 4 is 38.0 Å². The Hall–Kier alpha value is -3.19. The molecule has 3 aliphatic carbocycles. The number of hydrogen-bond donors (Lipinski definition) is 1. The fraction of sp³-hybridized carbons (Fsp3) is 0.481. The molecule has 9 nitrogen and oxygen atoms in total. The third kappa shape index (κ3) is 4.65.